The highest BCUT2D eigenvalue weighted by Gasteiger charge is 2.35. The van der Waals surface area contributed by atoms with Crippen LogP contribution >= 0.6 is 11.3 Å². The number of nitrogens with zero attached hydrogens (tertiary/aromatic N) is 4. The van der Waals surface area contributed by atoms with Crippen LogP contribution in [0.3, 0.4) is 0 Å². The number of amides is 1. The monoisotopic (exact) mass is 508 g/mol. The molecule has 1 amide bonds. The van der Waals surface area contributed by atoms with Gasteiger partial charge in [0.25, 0.3) is 5.91 Å². The Kier molecular flexibility index (Phi) is 6.18. The van der Waals surface area contributed by atoms with Crippen molar-refractivity contribution >= 4 is 43.8 Å². The summed E-state index contributed by atoms with van der Waals surface area (Å²) in [7, 11) is -2.60. The fourth-order valence-electron chi connectivity index (χ4n) is 4.11. The van der Waals surface area contributed by atoms with E-state index in [4.69, 9.17) is 0 Å². The molecule has 5 rings (SSSR count). The van der Waals surface area contributed by atoms with E-state index in [0.717, 1.165) is 20.5 Å². The van der Waals surface area contributed by atoms with Gasteiger partial charge < -0.3 is 0 Å². The van der Waals surface area contributed by atoms with Gasteiger partial charge in [-0.1, -0.05) is 30.3 Å². The van der Waals surface area contributed by atoms with Crippen molar-refractivity contribution in [1.29, 1.82) is 0 Å². The van der Waals surface area contributed by atoms with Gasteiger partial charge in [-0.2, -0.15) is 9.41 Å². The number of rotatable bonds is 6. The molecular formula is C25H21FN4O3S2. The number of aromatic nitrogens is 1. The molecule has 7 nitrogen and oxygen atoms in total. The highest BCUT2D eigenvalue weighted by molar-refractivity contribution is 7.89. The molecule has 0 N–H and O–H groups in total. The standard InChI is InChI=1S/C25H21FN4O3S2/c1-29(35(32,33)24-6-2-4-18-15-27-12-11-20(18)24)16-25(31)30-22(17-7-9-19(26)10-8-17)14-21(28-30)23-5-3-13-34-23/h2-13,15,22H,14,16H2,1H3. The van der Waals surface area contributed by atoms with E-state index in [2.05, 4.69) is 10.1 Å². The highest BCUT2D eigenvalue weighted by atomic mass is 32.2. The minimum Gasteiger partial charge on any atom is -0.271 e. The molecule has 0 saturated heterocycles. The Morgan fingerprint density at radius 3 is 2.69 bits per heavy atom. The fraction of sp³-hybridized carbons (Fsp3) is 0.160. The normalized spacial score (nSPS) is 16.1. The van der Waals surface area contributed by atoms with Crippen LogP contribution in [0.15, 0.2) is 88.4 Å². The van der Waals surface area contributed by atoms with E-state index in [0.29, 0.717) is 17.2 Å². The quantitative estimate of drug-likeness (QED) is 0.386. The molecule has 0 radical (unpaired) electrons. The molecule has 0 fully saturated rings. The molecule has 0 aliphatic carbocycles. The van der Waals surface area contributed by atoms with Gasteiger partial charge in [0.05, 0.1) is 28.1 Å². The minimum atomic E-state index is -3.97. The van der Waals surface area contributed by atoms with Crippen LogP contribution in [0.1, 0.15) is 22.9 Å². The zero-order valence-electron chi connectivity index (χ0n) is 18.7. The van der Waals surface area contributed by atoms with Crippen molar-refractivity contribution in [2.45, 2.75) is 17.4 Å². The van der Waals surface area contributed by atoms with Crippen LogP contribution in [0.4, 0.5) is 4.39 Å². The minimum absolute atomic E-state index is 0.104. The first kappa shape index (κ1) is 23.3. The molecule has 0 spiro atoms. The Labute approximate surface area is 206 Å². The Balaban J connectivity index is 1.44. The number of benzene rings is 2. The number of likely N-dealkylation sites (N-methyl/N-ethyl adjacent to an activating group) is 1. The average molecular weight is 509 g/mol. The first-order valence-corrected chi connectivity index (χ1v) is 13.1. The van der Waals surface area contributed by atoms with Crippen LogP contribution < -0.4 is 0 Å². The Morgan fingerprint density at radius 2 is 1.94 bits per heavy atom. The smallest absolute Gasteiger partial charge is 0.258 e. The summed E-state index contributed by atoms with van der Waals surface area (Å²) in [4.78, 5) is 18.5. The molecular weight excluding hydrogens is 487 g/mol. The lowest BCUT2D eigenvalue weighted by Crippen LogP contribution is -2.39. The second kappa shape index (κ2) is 9.29. The lowest BCUT2D eigenvalue weighted by Gasteiger charge is -2.25. The first-order valence-electron chi connectivity index (χ1n) is 10.8. The van der Waals surface area contributed by atoms with Crippen LogP contribution in [0, 0.1) is 5.82 Å². The van der Waals surface area contributed by atoms with Gasteiger partial charge in [-0.05, 0) is 41.3 Å². The molecule has 1 atom stereocenters. The van der Waals surface area contributed by atoms with Gasteiger partial charge in [0.15, 0.2) is 0 Å². The lowest BCUT2D eigenvalue weighted by atomic mass is 10.0. The second-order valence-electron chi connectivity index (χ2n) is 8.15. The number of halogens is 1. The summed E-state index contributed by atoms with van der Waals surface area (Å²) in [5, 5.41) is 9.02. The number of pyridine rings is 1. The van der Waals surface area contributed by atoms with Gasteiger partial charge in [-0.15, -0.1) is 11.3 Å². The average Bonchev–Trinajstić information content (AvgIpc) is 3.54. The number of hydrogen-bond donors (Lipinski definition) is 0. The number of thiophene rings is 1. The molecule has 3 heterocycles. The highest BCUT2D eigenvalue weighted by Crippen LogP contribution is 2.34. The number of hydrogen-bond acceptors (Lipinski definition) is 6. The zero-order chi connectivity index (χ0) is 24.6. The summed E-state index contributed by atoms with van der Waals surface area (Å²) in [6.45, 7) is -0.400. The van der Waals surface area contributed by atoms with Crippen LogP contribution in [0.5, 0.6) is 0 Å². The topological polar surface area (TPSA) is 82.9 Å². The molecule has 2 aromatic heterocycles. The van der Waals surface area contributed by atoms with Crippen LogP contribution in [0.25, 0.3) is 10.8 Å². The molecule has 1 aliphatic heterocycles. The SMILES string of the molecule is CN(CC(=O)N1N=C(c2cccs2)CC1c1ccc(F)cc1)S(=O)(=O)c1cccc2cnccc12. The van der Waals surface area contributed by atoms with Gasteiger partial charge in [0, 0.05) is 36.6 Å². The number of hydrazone groups is 1. The Hall–Kier alpha value is -3.47. The number of sulfonamides is 1. The molecule has 1 unspecified atom stereocenters. The summed E-state index contributed by atoms with van der Waals surface area (Å²) >= 11 is 1.51. The van der Waals surface area contributed by atoms with Crippen LogP contribution in [-0.2, 0) is 14.8 Å². The van der Waals surface area contributed by atoms with E-state index < -0.39 is 28.5 Å². The molecule has 4 aromatic rings. The first-order chi connectivity index (χ1) is 16.8. The van der Waals surface area contributed by atoms with Crippen molar-refractivity contribution in [3.8, 4) is 0 Å². The Bertz CT molecular complexity index is 1510. The predicted molar refractivity (Wildman–Crippen MR) is 133 cm³/mol. The molecule has 178 valence electrons. The maximum absolute atomic E-state index is 13.5. The van der Waals surface area contributed by atoms with Gasteiger partial charge in [-0.3, -0.25) is 9.78 Å². The molecule has 0 saturated carbocycles. The molecule has 2 aromatic carbocycles. The summed E-state index contributed by atoms with van der Waals surface area (Å²) < 4.78 is 41.3. The number of carbonyl (C=O) groups is 1. The zero-order valence-corrected chi connectivity index (χ0v) is 20.3. The van der Waals surface area contributed by atoms with E-state index in [1.54, 1.807) is 36.5 Å². The molecule has 10 heteroatoms. The third kappa shape index (κ3) is 4.47. The molecule has 1 aliphatic rings. The summed E-state index contributed by atoms with van der Waals surface area (Å²) in [6.07, 6.45) is 3.58. The number of carbonyl (C=O) groups excluding carboxylic acids is 1. The molecule has 35 heavy (non-hydrogen) atoms. The van der Waals surface area contributed by atoms with Crippen molar-refractivity contribution in [3.63, 3.8) is 0 Å². The van der Waals surface area contributed by atoms with Gasteiger partial charge in [-0.25, -0.2) is 17.8 Å². The summed E-state index contributed by atoms with van der Waals surface area (Å²) in [6, 6.07) is 15.9. The van der Waals surface area contributed by atoms with Crippen molar-refractivity contribution in [2.75, 3.05) is 13.6 Å². The molecule has 0 bridgehead atoms. The van der Waals surface area contributed by atoms with Gasteiger partial charge >= 0.3 is 0 Å². The van der Waals surface area contributed by atoms with Crippen molar-refractivity contribution < 1.29 is 17.6 Å². The Morgan fingerprint density at radius 1 is 1.14 bits per heavy atom. The van der Waals surface area contributed by atoms with Crippen molar-refractivity contribution in [2.24, 2.45) is 5.10 Å². The van der Waals surface area contributed by atoms with Crippen molar-refractivity contribution in [1.82, 2.24) is 14.3 Å². The van der Waals surface area contributed by atoms with Crippen LogP contribution in [0.2, 0.25) is 0 Å². The maximum Gasteiger partial charge on any atom is 0.258 e. The van der Waals surface area contributed by atoms with Gasteiger partial charge in [0.2, 0.25) is 10.0 Å². The van der Waals surface area contributed by atoms with E-state index in [9.17, 15) is 17.6 Å². The maximum atomic E-state index is 13.5. The van der Waals surface area contributed by atoms with Crippen molar-refractivity contribution in [3.05, 3.63) is 94.7 Å². The van der Waals surface area contributed by atoms with E-state index in [1.165, 1.54) is 47.8 Å². The number of fused-ring (bicyclic) bond motifs is 1. The lowest BCUT2D eigenvalue weighted by molar-refractivity contribution is -0.133. The van der Waals surface area contributed by atoms with E-state index in [-0.39, 0.29) is 10.7 Å². The van der Waals surface area contributed by atoms with Crippen LogP contribution in [-0.4, -0.2) is 47.9 Å². The predicted octanol–water partition coefficient (Wildman–Crippen LogP) is 4.43. The fourth-order valence-corrected chi connectivity index (χ4v) is 6.16. The van der Waals surface area contributed by atoms with E-state index in [1.807, 2.05) is 17.5 Å². The third-order valence-corrected chi connectivity index (χ3v) is 8.69. The largest absolute Gasteiger partial charge is 0.271 e. The summed E-state index contributed by atoms with van der Waals surface area (Å²) in [5.74, 6) is -0.848. The van der Waals surface area contributed by atoms with Gasteiger partial charge in [0.1, 0.15) is 5.82 Å². The third-order valence-electron chi connectivity index (χ3n) is 5.91. The van der Waals surface area contributed by atoms with E-state index >= 15 is 0 Å². The second-order valence-corrected chi connectivity index (χ2v) is 11.1. The summed E-state index contributed by atoms with van der Waals surface area (Å²) in [5.41, 5.74) is 1.46.